The molecule has 0 aliphatic rings. The zero-order valence-corrected chi connectivity index (χ0v) is 17.9. The van der Waals surface area contributed by atoms with E-state index in [-0.39, 0.29) is 27.6 Å². The Morgan fingerprint density at radius 3 is 2.31 bits per heavy atom. The molecule has 0 aliphatic heterocycles. The average molecular weight is 457 g/mol. The topological polar surface area (TPSA) is 137 Å². The molecular formula is C21H19N3O7S. The molecular weight excluding hydrogens is 438 g/mol. The van der Waals surface area contributed by atoms with Crippen molar-refractivity contribution in [1.29, 1.82) is 0 Å². The molecule has 0 unspecified atom stereocenters. The molecule has 32 heavy (non-hydrogen) atoms. The maximum atomic E-state index is 12.7. The number of anilines is 2. The molecule has 0 fully saturated rings. The molecule has 0 heterocycles. The quantitative estimate of drug-likeness (QED) is 0.389. The molecule has 0 radical (unpaired) electrons. The Hall–Kier alpha value is -4.12. The Morgan fingerprint density at radius 1 is 0.969 bits per heavy atom. The van der Waals surface area contributed by atoms with Crippen molar-refractivity contribution in [2.24, 2.45) is 0 Å². The van der Waals surface area contributed by atoms with E-state index in [1.807, 2.05) is 0 Å². The normalized spacial score (nSPS) is 10.8. The van der Waals surface area contributed by atoms with E-state index in [1.54, 1.807) is 24.3 Å². The highest BCUT2D eigenvalue weighted by atomic mass is 32.2. The monoisotopic (exact) mass is 457 g/mol. The van der Waals surface area contributed by atoms with Gasteiger partial charge in [0.1, 0.15) is 11.5 Å². The zero-order chi connectivity index (χ0) is 23.3. The van der Waals surface area contributed by atoms with Crippen molar-refractivity contribution in [3.05, 3.63) is 82.4 Å². The molecule has 0 aromatic heterocycles. The number of rotatable bonds is 8. The highest BCUT2D eigenvalue weighted by Gasteiger charge is 2.19. The van der Waals surface area contributed by atoms with Crippen LogP contribution in [0, 0.1) is 10.1 Å². The SMILES string of the molecule is COc1ccc(NS(=O)(=O)c2cccc(C(=O)Nc3cc([N+](=O)[O-])ccc3OC)c2)cc1. The van der Waals surface area contributed by atoms with Gasteiger partial charge in [-0.05, 0) is 48.5 Å². The number of nitro groups is 1. The van der Waals surface area contributed by atoms with Gasteiger partial charge >= 0.3 is 0 Å². The van der Waals surface area contributed by atoms with Gasteiger partial charge in [0.2, 0.25) is 0 Å². The second-order valence-corrected chi connectivity index (χ2v) is 8.14. The Bertz CT molecular complexity index is 1260. The zero-order valence-electron chi connectivity index (χ0n) is 17.1. The number of methoxy groups -OCH3 is 2. The number of non-ortho nitro benzene ring substituents is 1. The van der Waals surface area contributed by atoms with Crippen LogP contribution in [0.15, 0.2) is 71.6 Å². The van der Waals surface area contributed by atoms with Gasteiger partial charge in [-0.25, -0.2) is 8.42 Å². The van der Waals surface area contributed by atoms with Crippen molar-refractivity contribution in [2.75, 3.05) is 24.3 Å². The highest BCUT2D eigenvalue weighted by molar-refractivity contribution is 7.92. The number of ether oxygens (including phenoxy) is 2. The lowest BCUT2D eigenvalue weighted by molar-refractivity contribution is -0.384. The lowest BCUT2D eigenvalue weighted by atomic mass is 10.2. The predicted molar refractivity (Wildman–Crippen MR) is 118 cm³/mol. The predicted octanol–water partition coefficient (Wildman–Crippen LogP) is 3.67. The fraction of sp³-hybridized carbons (Fsp3) is 0.0952. The summed E-state index contributed by atoms with van der Waals surface area (Å²) in [5, 5.41) is 13.5. The molecule has 10 nitrogen and oxygen atoms in total. The van der Waals surface area contributed by atoms with Crippen LogP contribution in [0.1, 0.15) is 10.4 Å². The van der Waals surface area contributed by atoms with Crippen LogP contribution < -0.4 is 19.5 Å². The molecule has 3 aromatic carbocycles. The number of benzene rings is 3. The average Bonchev–Trinajstić information content (AvgIpc) is 2.79. The van der Waals surface area contributed by atoms with Crippen LogP contribution in [0.5, 0.6) is 11.5 Å². The molecule has 0 aliphatic carbocycles. The molecule has 0 saturated carbocycles. The summed E-state index contributed by atoms with van der Waals surface area (Å²) in [5.41, 5.74) is 0.204. The van der Waals surface area contributed by atoms with Gasteiger partial charge in [0.25, 0.3) is 21.6 Å². The number of carbonyl (C=O) groups excluding carboxylic acids is 1. The minimum Gasteiger partial charge on any atom is -0.497 e. The van der Waals surface area contributed by atoms with Gasteiger partial charge < -0.3 is 14.8 Å². The van der Waals surface area contributed by atoms with Gasteiger partial charge in [0.15, 0.2) is 0 Å². The Kier molecular flexibility index (Phi) is 6.59. The summed E-state index contributed by atoms with van der Waals surface area (Å²) >= 11 is 0. The second kappa shape index (κ2) is 9.35. The minimum absolute atomic E-state index is 0.0381. The number of nitrogens with zero attached hydrogens (tertiary/aromatic N) is 1. The second-order valence-electron chi connectivity index (χ2n) is 6.46. The van der Waals surface area contributed by atoms with Gasteiger partial charge in [0, 0.05) is 23.4 Å². The number of nitrogens with one attached hydrogen (secondary N) is 2. The van der Waals surface area contributed by atoms with Crippen molar-refractivity contribution in [3.8, 4) is 11.5 Å². The van der Waals surface area contributed by atoms with Crippen molar-refractivity contribution in [1.82, 2.24) is 0 Å². The summed E-state index contributed by atoms with van der Waals surface area (Å²) < 4.78 is 38.1. The third kappa shape index (κ3) is 5.13. The van der Waals surface area contributed by atoms with E-state index in [1.165, 1.54) is 50.6 Å². The van der Waals surface area contributed by atoms with E-state index in [0.717, 1.165) is 6.07 Å². The third-order valence-electron chi connectivity index (χ3n) is 4.39. The molecule has 3 aromatic rings. The van der Waals surface area contributed by atoms with Gasteiger partial charge in [0.05, 0.1) is 29.7 Å². The fourth-order valence-corrected chi connectivity index (χ4v) is 3.88. The third-order valence-corrected chi connectivity index (χ3v) is 5.77. The standard InChI is InChI=1S/C21H19N3O7S/c1-30-17-9-6-15(7-10-17)23-32(28,29)18-5-3-4-14(12-18)21(25)22-19-13-16(24(26)27)8-11-20(19)31-2/h3-13,23H,1-2H3,(H,22,25). The summed E-state index contributed by atoms with van der Waals surface area (Å²) in [5.74, 6) is 0.127. The molecule has 2 N–H and O–H groups in total. The fourth-order valence-electron chi connectivity index (χ4n) is 2.78. The van der Waals surface area contributed by atoms with Crippen LogP contribution in [0.4, 0.5) is 17.1 Å². The van der Waals surface area contributed by atoms with Gasteiger partial charge in [-0.15, -0.1) is 0 Å². The van der Waals surface area contributed by atoms with Crippen LogP contribution in [0.3, 0.4) is 0 Å². The first-order valence-corrected chi connectivity index (χ1v) is 10.6. The van der Waals surface area contributed by atoms with Crippen LogP contribution in [0.2, 0.25) is 0 Å². The Morgan fingerprint density at radius 2 is 1.69 bits per heavy atom. The van der Waals surface area contributed by atoms with Crippen LogP contribution >= 0.6 is 0 Å². The van der Waals surface area contributed by atoms with Crippen molar-refractivity contribution < 1.29 is 27.6 Å². The minimum atomic E-state index is -3.98. The van der Waals surface area contributed by atoms with Crippen molar-refractivity contribution in [2.45, 2.75) is 4.90 Å². The van der Waals surface area contributed by atoms with Gasteiger partial charge in [-0.3, -0.25) is 19.6 Å². The summed E-state index contributed by atoms with van der Waals surface area (Å²) in [6, 6.07) is 15.4. The summed E-state index contributed by atoms with van der Waals surface area (Å²) in [4.78, 5) is 23.0. The number of sulfonamides is 1. The number of hydrogen-bond acceptors (Lipinski definition) is 7. The molecule has 3 rings (SSSR count). The van der Waals surface area contributed by atoms with Crippen molar-refractivity contribution in [3.63, 3.8) is 0 Å². The highest BCUT2D eigenvalue weighted by Crippen LogP contribution is 2.29. The van der Waals surface area contributed by atoms with E-state index >= 15 is 0 Å². The first-order valence-electron chi connectivity index (χ1n) is 9.14. The van der Waals surface area contributed by atoms with Crippen LogP contribution in [-0.2, 0) is 10.0 Å². The molecule has 11 heteroatoms. The number of carbonyl (C=O) groups is 1. The van der Waals surface area contributed by atoms with E-state index in [2.05, 4.69) is 10.0 Å². The van der Waals surface area contributed by atoms with E-state index < -0.39 is 20.9 Å². The number of nitro benzene ring substituents is 1. The van der Waals surface area contributed by atoms with E-state index in [9.17, 15) is 23.3 Å². The Balaban J connectivity index is 1.84. The Labute approximate surface area is 184 Å². The molecule has 0 bridgehead atoms. The molecule has 0 saturated heterocycles. The lowest BCUT2D eigenvalue weighted by Crippen LogP contribution is -2.16. The van der Waals surface area contributed by atoms with Gasteiger partial charge in [-0.1, -0.05) is 6.07 Å². The van der Waals surface area contributed by atoms with Gasteiger partial charge in [-0.2, -0.15) is 0 Å². The number of amides is 1. The van der Waals surface area contributed by atoms with E-state index in [4.69, 9.17) is 9.47 Å². The van der Waals surface area contributed by atoms with E-state index in [0.29, 0.717) is 11.4 Å². The molecule has 0 atom stereocenters. The lowest BCUT2D eigenvalue weighted by Gasteiger charge is -2.12. The van der Waals surface area contributed by atoms with Crippen molar-refractivity contribution >= 4 is 33.0 Å². The maximum Gasteiger partial charge on any atom is 0.271 e. The molecule has 166 valence electrons. The summed E-state index contributed by atoms with van der Waals surface area (Å²) in [7, 11) is -1.12. The largest absolute Gasteiger partial charge is 0.497 e. The summed E-state index contributed by atoms with van der Waals surface area (Å²) in [6.07, 6.45) is 0. The smallest absolute Gasteiger partial charge is 0.271 e. The first-order chi connectivity index (χ1) is 15.2. The first kappa shape index (κ1) is 22.6. The van der Waals surface area contributed by atoms with Crippen LogP contribution in [-0.4, -0.2) is 33.5 Å². The van der Waals surface area contributed by atoms with Crippen LogP contribution in [0.25, 0.3) is 0 Å². The number of hydrogen-bond donors (Lipinski definition) is 2. The molecule has 1 amide bonds. The molecule has 0 spiro atoms. The maximum absolute atomic E-state index is 12.7. The summed E-state index contributed by atoms with van der Waals surface area (Å²) in [6.45, 7) is 0.